The van der Waals surface area contributed by atoms with E-state index in [4.69, 9.17) is 4.74 Å². The van der Waals surface area contributed by atoms with Crippen molar-refractivity contribution in [1.29, 1.82) is 0 Å². The molecule has 2 saturated heterocycles. The Labute approximate surface area is 103 Å². The summed E-state index contributed by atoms with van der Waals surface area (Å²) in [5.41, 5.74) is 0. The Bertz CT molecular complexity index is 246. The Morgan fingerprint density at radius 1 is 1.24 bits per heavy atom. The third-order valence-electron chi connectivity index (χ3n) is 3.62. The first-order valence-corrected chi connectivity index (χ1v) is 6.53. The Morgan fingerprint density at radius 2 is 1.88 bits per heavy atom. The molecule has 0 radical (unpaired) electrons. The van der Waals surface area contributed by atoms with Crippen LogP contribution in [0.1, 0.15) is 12.8 Å². The van der Waals surface area contributed by atoms with Crippen LogP contribution in [0.4, 0.5) is 0 Å². The summed E-state index contributed by atoms with van der Waals surface area (Å²) in [4.78, 5) is 16.2. The molecule has 0 bridgehead atoms. The van der Waals surface area contributed by atoms with Crippen molar-refractivity contribution in [2.24, 2.45) is 0 Å². The van der Waals surface area contributed by atoms with E-state index in [-0.39, 0.29) is 5.91 Å². The van der Waals surface area contributed by atoms with E-state index in [2.05, 4.69) is 17.3 Å². The van der Waals surface area contributed by atoms with Crippen molar-refractivity contribution >= 4 is 5.91 Å². The van der Waals surface area contributed by atoms with E-state index in [1.54, 1.807) is 0 Å². The highest BCUT2D eigenvalue weighted by Crippen LogP contribution is 2.06. The highest BCUT2D eigenvalue weighted by molar-refractivity contribution is 5.78. The fraction of sp³-hybridized carbons (Fsp3) is 0.917. The first-order chi connectivity index (χ1) is 8.25. The van der Waals surface area contributed by atoms with Gasteiger partial charge in [0.15, 0.2) is 0 Å². The maximum Gasteiger partial charge on any atom is 0.236 e. The fourth-order valence-corrected chi connectivity index (χ4v) is 2.30. The SMILES string of the molecule is CN1CCN(C(=O)CNC2CCOCC2)CC1. The number of hydrogen-bond acceptors (Lipinski definition) is 4. The number of hydrogen-bond donors (Lipinski definition) is 1. The van der Waals surface area contributed by atoms with Crippen molar-refractivity contribution in [3.05, 3.63) is 0 Å². The molecule has 5 heteroatoms. The molecule has 5 nitrogen and oxygen atoms in total. The Balaban J connectivity index is 1.66. The first kappa shape index (κ1) is 12.8. The number of carbonyl (C=O) groups excluding carboxylic acids is 1. The third kappa shape index (κ3) is 3.94. The molecule has 2 aliphatic heterocycles. The minimum atomic E-state index is 0.240. The van der Waals surface area contributed by atoms with Gasteiger partial charge in [-0.3, -0.25) is 4.79 Å². The van der Waals surface area contributed by atoms with Gasteiger partial charge in [0.05, 0.1) is 6.54 Å². The molecule has 0 aromatic heterocycles. The van der Waals surface area contributed by atoms with E-state index < -0.39 is 0 Å². The number of rotatable bonds is 3. The molecule has 1 N–H and O–H groups in total. The van der Waals surface area contributed by atoms with Gasteiger partial charge < -0.3 is 19.9 Å². The van der Waals surface area contributed by atoms with Gasteiger partial charge in [-0.05, 0) is 19.9 Å². The van der Waals surface area contributed by atoms with Gasteiger partial charge in [0.25, 0.3) is 0 Å². The molecular formula is C12H23N3O2. The van der Waals surface area contributed by atoms with E-state index in [1.807, 2.05) is 4.90 Å². The lowest BCUT2D eigenvalue weighted by atomic mass is 10.1. The van der Waals surface area contributed by atoms with Crippen LogP contribution in [0, 0.1) is 0 Å². The zero-order valence-electron chi connectivity index (χ0n) is 10.7. The van der Waals surface area contributed by atoms with Crippen LogP contribution in [-0.4, -0.2) is 74.7 Å². The standard InChI is InChI=1S/C12H23N3O2/c1-14-4-6-15(7-5-14)12(16)10-13-11-2-8-17-9-3-11/h11,13H,2-10H2,1H3. The maximum atomic E-state index is 12.0. The quantitative estimate of drug-likeness (QED) is 0.725. The molecule has 0 saturated carbocycles. The summed E-state index contributed by atoms with van der Waals surface area (Å²) >= 11 is 0. The van der Waals surface area contributed by atoms with Crippen LogP contribution >= 0.6 is 0 Å². The van der Waals surface area contributed by atoms with Crippen LogP contribution in [0.5, 0.6) is 0 Å². The summed E-state index contributed by atoms with van der Waals surface area (Å²) in [7, 11) is 2.10. The minimum absolute atomic E-state index is 0.240. The maximum absolute atomic E-state index is 12.0. The fourth-order valence-electron chi connectivity index (χ4n) is 2.30. The molecule has 17 heavy (non-hydrogen) atoms. The van der Waals surface area contributed by atoms with Crippen LogP contribution in [0.15, 0.2) is 0 Å². The molecule has 0 atom stereocenters. The van der Waals surface area contributed by atoms with Crippen LogP contribution < -0.4 is 5.32 Å². The van der Waals surface area contributed by atoms with Crippen LogP contribution in [0.25, 0.3) is 0 Å². The number of likely N-dealkylation sites (N-methyl/N-ethyl adjacent to an activating group) is 1. The molecule has 2 aliphatic rings. The summed E-state index contributed by atoms with van der Waals surface area (Å²) in [6, 6.07) is 0.458. The van der Waals surface area contributed by atoms with Gasteiger partial charge in [-0.1, -0.05) is 0 Å². The van der Waals surface area contributed by atoms with Crippen molar-refractivity contribution in [3.63, 3.8) is 0 Å². The van der Waals surface area contributed by atoms with Crippen molar-refractivity contribution in [3.8, 4) is 0 Å². The van der Waals surface area contributed by atoms with Crippen LogP contribution in [0.3, 0.4) is 0 Å². The predicted octanol–water partition coefficient (Wildman–Crippen LogP) is -0.471. The Morgan fingerprint density at radius 3 is 2.53 bits per heavy atom. The second-order valence-corrected chi connectivity index (χ2v) is 4.95. The lowest BCUT2D eigenvalue weighted by Gasteiger charge is -2.33. The third-order valence-corrected chi connectivity index (χ3v) is 3.62. The summed E-state index contributed by atoms with van der Waals surface area (Å²) < 4.78 is 5.29. The van der Waals surface area contributed by atoms with Gasteiger partial charge in [0, 0.05) is 45.4 Å². The van der Waals surface area contributed by atoms with Gasteiger partial charge >= 0.3 is 0 Å². The summed E-state index contributed by atoms with van der Waals surface area (Å²) in [5, 5.41) is 3.35. The van der Waals surface area contributed by atoms with Crippen LogP contribution in [0.2, 0.25) is 0 Å². The molecule has 0 aromatic carbocycles. The van der Waals surface area contributed by atoms with Crippen molar-refractivity contribution in [2.45, 2.75) is 18.9 Å². The van der Waals surface area contributed by atoms with Crippen LogP contribution in [-0.2, 0) is 9.53 Å². The summed E-state index contributed by atoms with van der Waals surface area (Å²) in [6.07, 6.45) is 2.05. The second-order valence-electron chi connectivity index (χ2n) is 4.95. The van der Waals surface area contributed by atoms with E-state index in [0.717, 1.165) is 52.2 Å². The molecule has 2 heterocycles. The average molecular weight is 241 g/mol. The second kappa shape index (κ2) is 6.33. The molecule has 1 amide bonds. The van der Waals surface area contributed by atoms with Gasteiger partial charge in [-0.15, -0.1) is 0 Å². The van der Waals surface area contributed by atoms with E-state index >= 15 is 0 Å². The van der Waals surface area contributed by atoms with E-state index in [1.165, 1.54) is 0 Å². The highest BCUT2D eigenvalue weighted by Gasteiger charge is 2.20. The number of carbonyl (C=O) groups is 1. The van der Waals surface area contributed by atoms with E-state index in [9.17, 15) is 4.79 Å². The zero-order valence-corrected chi connectivity index (χ0v) is 10.7. The largest absolute Gasteiger partial charge is 0.381 e. The van der Waals surface area contributed by atoms with Gasteiger partial charge in [0.1, 0.15) is 0 Å². The predicted molar refractivity (Wildman–Crippen MR) is 65.9 cm³/mol. The lowest BCUT2D eigenvalue weighted by Crippen LogP contribution is -2.50. The zero-order chi connectivity index (χ0) is 12.1. The Hall–Kier alpha value is -0.650. The number of amides is 1. The molecule has 98 valence electrons. The average Bonchev–Trinajstić information content (AvgIpc) is 2.38. The first-order valence-electron chi connectivity index (χ1n) is 6.53. The molecule has 0 spiro atoms. The van der Waals surface area contributed by atoms with Gasteiger partial charge in [0.2, 0.25) is 5.91 Å². The van der Waals surface area contributed by atoms with Gasteiger partial charge in [-0.2, -0.15) is 0 Å². The molecule has 0 aromatic rings. The Kier molecular flexibility index (Phi) is 4.76. The topological polar surface area (TPSA) is 44.8 Å². The summed E-state index contributed by atoms with van der Waals surface area (Å²) in [5.74, 6) is 0.240. The molecule has 2 rings (SSSR count). The highest BCUT2D eigenvalue weighted by atomic mass is 16.5. The summed E-state index contributed by atoms with van der Waals surface area (Å²) in [6.45, 7) is 5.83. The number of ether oxygens (including phenoxy) is 1. The number of nitrogens with zero attached hydrogens (tertiary/aromatic N) is 2. The molecule has 0 unspecified atom stereocenters. The van der Waals surface area contributed by atoms with E-state index in [0.29, 0.717) is 12.6 Å². The lowest BCUT2D eigenvalue weighted by molar-refractivity contribution is -0.132. The monoisotopic (exact) mass is 241 g/mol. The van der Waals surface area contributed by atoms with Crippen molar-refractivity contribution in [1.82, 2.24) is 15.1 Å². The van der Waals surface area contributed by atoms with Crippen molar-refractivity contribution in [2.75, 3.05) is 53.0 Å². The number of nitrogens with one attached hydrogen (secondary N) is 1. The molecule has 0 aliphatic carbocycles. The minimum Gasteiger partial charge on any atom is -0.381 e. The number of piperazine rings is 1. The normalized spacial score (nSPS) is 23.9. The van der Waals surface area contributed by atoms with Crippen molar-refractivity contribution < 1.29 is 9.53 Å². The van der Waals surface area contributed by atoms with Gasteiger partial charge in [-0.25, -0.2) is 0 Å². The molecular weight excluding hydrogens is 218 g/mol. The smallest absolute Gasteiger partial charge is 0.236 e. The molecule has 2 fully saturated rings.